The van der Waals surface area contributed by atoms with Crippen LogP contribution in [0.1, 0.15) is 30.4 Å². The number of nitrogens with zero attached hydrogens (tertiary/aromatic N) is 2. The van der Waals surface area contributed by atoms with E-state index in [1.54, 1.807) is 9.80 Å². The Hall–Kier alpha value is -4.53. The summed E-state index contributed by atoms with van der Waals surface area (Å²) in [5.41, 5.74) is 9.89. The van der Waals surface area contributed by atoms with Crippen molar-refractivity contribution >= 4 is 28.5 Å². The summed E-state index contributed by atoms with van der Waals surface area (Å²) in [6.07, 6.45) is 2.52. The van der Waals surface area contributed by atoms with Crippen LogP contribution in [-0.2, 0) is 27.3 Å². The lowest BCUT2D eigenvalue weighted by molar-refractivity contribution is -0.152. The summed E-state index contributed by atoms with van der Waals surface area (Å²) in [6, 6.07) is 31.0. The van der Waals surface area contributed by atoms with Gasteiger partial charge in [0.05, 0.1) is 6.54 Å². The Balaban J connectivity index is 1.27. The molecular formula is C38H43N5O3. The van der Waals surface area contributed by atoms with E-state index in [0.717, 1.165) is 59.0 Å². The molecule has 0 radical (unpaired) electrons. The van der Waals surface area contributed by atoms with Crippen LogP contribution in [0.2, 0.25) is 0 Å². The van der Waals surface area contributed by atoms with Crippen molar-refractivity contribution in [3.8, 4) is 11.1 Å². The minimum absolute atomic E-state index is 0.0771. The first-order chi connectivity index (χ1) is 22.5. The maximum Gasteiger partial charge on any atom is 0.246 e. The van der Waals surface area contributed by atoms with Crippen LogP contribution in [-0.4, -0.2) is 72.3 Å². The molecule has 6 rings (SSSR count). The molecule has 46 heavy (non-hydrogen) atoms. The van der Waals surface area contributed by atoms with E-state index in [2.05, 4.69) is 59.2 Å². The number of nitrogens with two attached hydrogens (primary N) is 1. The van der Waals surface area contributed by atoms with E-state index in [1.165, 1.54) is 0 Å². The van der Waals surface area contributed by atoms with Gasteiger partial charge < -0.3 is 26.2 Å². The van der Waals surface area contributed by atoms with Crippen LogP contribution in [0.5, 0.6) is 0 Å². The molecule has 2 aliphatic rings. The highest BCUT2D eigenvalue weighted by Crippen LogP contribution is 2.24. The Morgan fingerprint density at radius 3 is 2.22 bits per heavy atom. The van der Waals surface area contributed by atoms with Crippen molar-refractivity contribution in [1.82, 2.24) is 20.4 Å². The van der Waals surface area contributed by atoms with Gasteiger partial charge in [-0.1, -0.05) is 97.1 Å². The molecule has 2 fully saturated rings. The Kier molecular flexibility index (Phi) is 10.1. The third-order valence-corrected chi connectivity index (χ3v) is 9.29. The van der Waals surface area contributed by atoms with Gasteiger partial charge in [0.2, 0.25) is 17.7 Å². The SMILES string of the molecule is NCCC(=O)N(CC1CCNCC1)CC1C(=O)NC(Cc2ccc3ccccc3c2)C(=O)N1Cc1ccc(-c2ccccc2)cc1. The molecule has 8 nitrogen and oxygen atoms in total. The zero-order chi connectivity index (χ0) is 31.9. The molecule has 2 unspecified atom stereocenters. The molecule has 0 bridgehead atoms. The van der Waals surface area contributed by atoms with E-state index in [0.29, 0.717) is 18.9 Å². The molecule has 2 saturated heterocycles. The average Bonchev–Trinajstić information content (AvgIpc) is 3.09. The van der Waals surface area contributed by atoms with Crippen LogP contribution >= 0.6 is 0 Å². The molecule has 2 aliphatic heterocycles. The van der Waals surface area contributed by atoms with Crippen LogP contribution < -0.4 is 16.4 Å². The first-order valence-electron chi connectivity index (χ1n) is 16.4. The maximum absolute atomic E-state index is 14.3. The standard InChI is InChI=1S/C38H43N5O3/c39-19-16-36(44)42(24-28-17-20-40-21-18-28)26-35-37(45)41-34(23-29-12-15-31-8-4-5-9-33(31)22-29)38(46)43(35)25-27-10-13-32(14-11-27)30-6-2-1-3-7-30/h1-15,22,28,34-35,40H,16-21,23-26,39H2,(H,41,45). The highest BCUT2D eigenvalue weighted by molar-refractivity contribution is 5.97. The van der Waals surface area contributed by atoms with Crippen molar-refractivity contribution in [3.63, 3.8) is 0 Å². The molecule has 3 amide bonds. The monoisotopic (exact) mass is 617 g/mol. The molecule has 0 spiro atoms. The first kappa shape index (κ1) is 31.5. The minimum atomic E-state index is -0.808. The number of hydrogen-bond acceptors (Lipinski definition) is 5. The average molecular weight is 618 g/mol. The van der Waals surface area contributed by atoms with Crippen molar-refractivity contribution in [3.05, 3.63) is 108 Å². The Bertz CT molecular complexity index is 1650. The van der Waals surface area contributed by atoms with Crippen molar-refractivity contribution < 1.29 is 14.4 Å². The molecule has 2 atom stereocenters. The normalized spacial score (nSPS) is 18.8. The quantitative estimate of drug-likeness (QED) is 0.235. The lowest BCUT2D eigenvalue weighted by Crippen LogP contribution is -2.66. The maximum atomic E-state index is 14.3. The zero-order valence-corrected chi connectivity index (χ0v) is 26.2. The number of carbonyl (C=O) groups is 3. The lowest BCUT2D eigenvalue weighted by Gasteiger charge is -2.42. The number of piperazine rings is 1. The van der Waals surface area contributed by atoms with E-state index >= 15 is 0 Å². The topological polar surface area (TPSA) is 108 Å². The van der Waals surface area contributed by atoms with Gasteiger partial charge in [0, 0.05) is 32.5 Å². The van der Waals surface area contributed by atoms with Gasteiger partial charge in [-0.25, -0.2) is 0 Å². The lowest BCUT2D eigenvalue weighted by atomic mass is 9.95. The summed E-state index contributed by atoms with van der Waals surface area (Å²) in [4.78, 5) is 45.0. The van der Waals surface area contributed by atoms with E-state index in [9.17, 15) is 14.4 Å². The smallest absolute Gasteiger partial charge is 0.246 e. The van der Waals surface area contributed by atoms with Crippen LogP contribution in [0.4, 0.5) is 0 Å². The van der Waals surface area contributed by atoms with Gasteiger partial charge in [0.25, 0.3) is 0 Å². The highest BCUT2D eigenvalue weighted by Gasteiger charge is 2.42. The van der Waals surface area contributed by atoms with Gasteiger partial charge in [-0.2, -0.15) is 0 Å². The predicted molar refractivity (Wildman–Crippen MR) is 182 cm³/mol. The molecule has 4 aromatic carbocycles. The summed E-state index contributed by atoms with van der Waals surface area (Å²) in [5, 5.41) is 8.63. The fraction of sp³-hybridized carbons (Fsp3) is 0.342. The number of hydrogen-bond donors (Lipinski definition) is 3. The molecular weight excluding hydrogens is 574 g/mol. The van der Waals surface area contributed by atoms with Crippen LogP contribution in [0.15, 0.2) is 97.1 Å². The van der Waals surface area contributed by atoms with Gasteiger partial charge in [0.1, 0.15) is 12.1 Å². The van der Waals surface area contributed by atoms with Crippen LogP contribution in [0, 0.1) is 5.92 Å². The van der Waals surface area contributed by atoms with E-state index in [4.69, 9.17) is 5.73 Å². The second kappa shape index (κ2) is 14.7. The Labute approximate surface area is 270 Å². The second-order valence-corrected chi connectivity index (χ2v) is 12.5. The van der Waals surface area contributed by atoms with Gasteiger partial charge in [0.15, 0.2) is 0 Å². The van der Waals surface area contributed by atoms with E-state index < -0.39 is 12.1 Å². The van der Waals surface area contributed by atoms with Crippen LogP contribution in [0.25, 0.3) is 21.9 Å². The minimum Gasteiger partial charge on any atom is -0.342 e. The van der Waals surface area contributed by atoms with Crippen molar-refractivity contribution in [2.24, 2.45) is 11.7 Å². The van der Waals surface area contributed by atoms with E-state index in [1.807, 2.05) is 48.5 Å². The summed E-state index contributed by atoms with van der Waals surface area (Å²) in [6.45, 7) is 3.03. The fourth-order valence-electron chi connectivity index (χ4n) is 6.71. The molecule has 0 aliphatic carbocycles. The first-order valence-corrected chi connectivity index (χ1v) is 16.4. The van der Waals surface area contributed by atoms with Gasteiger partial charge in [-0.05, 0) is 64.9 Å². The number of rotatable bonds is 11. The number of amides is 3. The fourth-order valence-corrected chi connectivity index (χ4v) is 6.71. The largest absolute Gasteiger partial charge is 0.342 e. The third-order valence-electron chi connectivity index (χ3n) is 9.29. The summed E-state index contributed by atoms with van der Waals surface area (Å²) in [5.74, 6) is -0.114. The highest BCUT2D eigenvalue weighted by atomic mass is 16.2. The van der Waals surface area contributed by atoms with Gasteiger partial charge in [-0.3, -0.25) is 14.4 Å². The van der Waals surface area contributed by atoms with Gasteiger partial charge in [-0.15, -0.1) is 0 Å². The summed E-state index contributed by atoms with van der Waals surface area (Å²) >= 11 is 0. The Morgan fingerprint density at radius 2 is 1.48 bits per heavy atom. The number of fused-ring (bicyclic) bond motifs is 1. The number of piperidine rings is 1. The summed E-state index contributed by atoms with van der Waals surface area (Å²) < 4.78 is 0. The van der Waals surface area contributed by atoms with Crippen molar-refractivity contribution in [2.75, 3.05) is 32.7 Å². The molecule has 4 aromatic rings. The van der Waals surface area contributed by atoms with Crippen molar-refractivity contribution in [1.29, 1.82) is 0 Å². The zero-order valence-electron chi connectivity index (χ0n) is 26.2. The van der Waals surface area contributed by atoms with Crippen LogP contribution in [0.3, 0.4) is 0 Å². The number of carbonyl (C=O) groups excluding carboxylic acids is 3. The molecule has 4 N–H and O–H groups in total. The van der Waals surface area contributed by atoms with Gasteiger partial charge >= 0.3 is 0 Å². The molecule has 0 aromatic heterocycles. The number of benzene rings is 4. The second-order valence-electron chi connectivity index (χ2n) is 12.5. The van der Waals surface area contributed by atoms with Crippen molar-refractivity contribution in [2.45, 2.75) is 44.3 Å². The van der Waals surface area contributed by atoms with E-state index in [-0.39, 0.29) is 43.8 Å². The molecule has 0 saturated carbocycles. The molecule has 2 heterocycles. The molecule has 238 valence electrons. The summed E-state index contributed by atoms with van der Waals surface area (Å²) in [7, 11) is 0. The third kappa shape index (κ3) is 7.46. The molecule has 8 heteroatoms. The number of nitrogens with one attached hydrogen (secondary N) is 2. The predicted octanol–water partition coefficient (Wildman–Crippen LogP) is 4.12. The Morgan fingerprint density at radius 1 is 0.804 bits per heavy atom.